The van der Waals surface area contributed by atoms with Gasteiger partial charge in [0.2, 0.25) is 5.91 Å². The monoisotopic (exact) mass is 316 g/mol. The maximum absolute atomic E-state index is 12.4. The molecular weight excluding hydrogens is 292 g/mol. The number of carbonyl (C=O) groups excluding carboxylic acids is 1. The first-order chi connectivity index (χ1) is 10.9. The van der Waals surface area contributed by atoms with E-state index in [1.165, 1.54) is 7.11 Å². The number of para-hydroxylation sites is 1. The number of fused-ring (bicyclic) bond motifs is 1. The van der Waals surface area contributed by atoms with Crippen molar-refractivity contribution in [2.75, 3.05) is 20.3 Å². The third-order valence-corrected chi connectivity index (χ3v) is 3.73. The summed E-state index contributed by atoms with van der Waals surface area (Å²) in [6.07, 6.45) is 0. The fourth-order valence-corrected chi connectivity index (χ4v) is 2.66. The van der Waals surface area contributed by atoms with Gasteiger partial charge in [0.1, 0.15) is 6.61 Å². The van der Waals surface area contributed by atoms with Crippen molar-refractivity contribution in [3.05, 3.63) is 45.7 Å². The Morgan fingerprint density at radius 3 is 2.74 bits per heavy atom. The Labute approximate surface area is 136 Å². The molecular formula is C18H24N2O3. The molecule has 2 rings (SSSR count). The summed E-state index contributed by atoms with van der Waals surface area (Å²) in [5, 5.41) is 0.975. The van der Waals surface area contributed by atoms with E-state index in [0.29, 0.717) is 24.6 Å². The minimum atomic E-state index is -0.147. The molecule has 124 valence electrons. The molecule has 0 aliphatic carbocycles. The number of H-pyrrole nitrogens is 1. The van der Waals surface area contributed by atoms with E-state index >= 15 is 0 Å². The Morgan fingerprint density at radius 2 is 2.09 bits per heavy atom. The van der Waals surface area contributed by atoms with Crippen molar-refractivity contribution in [2.24, 2.45) is 5.92 Å². The molecule has 0 aliphatic rings. The number of ether oxygens (including phenoxy) is 1. The van der Waals surface area contributed by atoms with Crippen LogP contribution < -0.4 is 5.56 Å². The summed E-state index contributed by atoms with van der Waals surface area (Å²) in [6.45, 7) is 6.96. The van der Waals surface area contributed by atoms with E-state index in [1.807, 2.05) is 45.0 Å². The standard InChI is InChI=1S/C18H24N2O3/c1-12(2)9-20(16(21)11-23-4)10-15-8-14-7-5-6-13(3)17(14)19-18(15)22/h5-8,12H,9-11H2,1-4H3,(H,19,22). The number of benzene rings is 1. The maximum Gasteiger partial charge on any atom is 0.253 e. The molecule has 1 heterocycles. The molecule has 23 heavy (non-hydrogen) atoms. The minimum absolute atomic E-state index is 0.0251. The van der Waals surface area contributed by atoms with E-state index < -0.39 is 0 Å². The summed E-state index contributed by atoms with van der Waals surface area (Å²) >= 11 is 0. The van der Waals surface area contributed by atoms with Gasteiger partial charge >= 0.3 is 0 Å². The predicted octanol–water partition coefficient (Wildman–Crippen LogP) is 2.47. The van der Waals surface area contributed by atoms with Crippen molar-refractivity contribution >= 4 is 16.8 Å². The van der Waals surface area contributed by atoms with Crippen LogP contribution in [0.5, 0.6) is 0 Å². The van der Waals surface area contributed by atoms with Gasteiger partial charge in [-0.15, -0.1) is 0 Å². The molecule has 1 N–H and O–H groups in total. The van der Waals surface area contributed by atoms with Gasteiger partial charge in [-0.25, -0.2) is 0 Å². The lowest BCUT2D eigenvalue weighted by atomic mass is 10.1. The second-order valence-electron chi connectivity index (χ2n) is 6.26. The molecule has 5 nitrogen and oxygen atoms in total. The van der Waals surface area contributed by atoms with Crippen LogP contribution in [0, 0.1) is 12.8 Å². The van der Waals surface area contributed by atoms with Gasteiger partial charge in [-0.3, -0.25) is 9.59 Å². The van der Waals surface area contributed by atoms with E-state index in [-0.39, 0.29) is 18.1 Å². The molecule has 0 bridgehead atoms. The van der Waals surface area contributed by atoms with Crippen LogP contribution in [0.25, 0.3) is 10.9 Å². The lowest BCUT2D eigenvalue weighted by Gasteiger charge is -2.24. The van der Waals surface area contributed by atoms with E-state index in [0.717, 1.165) is 16.5 Å². The van der Waals surface area contributed by atoms with Crippen LogP contribution in [0.4, 0.5) is 0 Å². The SMILES string of the molecule is COCC(=O)N(Cc1cc2cccc(C)c2[nH]c1=O)CC(C)C. The van der Waals surface area contributed by atoms with Gasteiger partial charge < -0.3 is 14.6 Å². The van der Waals surface area contributed by atoms with Crippen LogP contribution >= 0.6 is 0 Å². The van der Waals surface area contributed by atoms with Crippen LogP contribution in [-0.2, 0) is 16.1 Å². The summed E-state index contributed by atoms with van der Waals surface area (Å²) in [5.74, 6) is 0.211. The molecule has 1 aromatic carbocycles. The number of hydrogen-bond donors (Lipinski definition) is 1. The Bertz CT molecular complexity index is 750. The first kappa shape index (κ1) is 17.2. The van der Waals surface area contributed by atoms with Crippen LogP contribution in [-0.4, -0.2) is 36.1 Å². The lowest BCUT2D eigenvalue weighted by Crippen LogP contribution is -2.37. The Balaban J connectivity index is 2.35. The maximum atomic E-state index is 12.4. The largest absolute Gasteiger partial charge is 0.375 e. The summed E-state index contributed by atoms with van der Waals surface area (Å²) < 4.78 is 4.94. The number of aryl methyl sites for hydroxylation is 1. The van der Waals surface area contributed by atoms with Gasteiger partial charge in [-0.05, 0) is 29.9 Å². The number of methoxy groups -OCH3 is 1. The number of nitrogens with one attached hydrogen (secondary N) is 1. The van der Waals surface area contributed by atoms with E-state index in [4.69, 9.17) is 4.74 Å². The molecule has 0 saturated heterocycles. The van der Waals surface area contributed by atoms with Crippen molar-refractivity contribution in [3.8, 4) is 0 Å². The van der Waals surface area contributed by atoms with Crippen LogP contribution in [0.3, 0.4) is 0 Å². The van der Waals surface area contributed by atoms with Gasteiger partial charge in [0.05, 0.1) is 12.1 Å². The highest BCUT2D eigenvalue weighted by molar-refractivity contribution is 5.82. The third kappa shape index (κ3) is 4.20. The van der Waals surface area contributed by atoms with Crippen molar-refractivity contribution in [2.45, 2.75) is 27.3 Å². The zero-order valence-corrected chi connectivity index (χ0v) is 14.2. The van der Waals surface area contributed by atoms with E-state index in [9.17, 15) is 9.59 Å². The summed E-state index contributed by atoms with van der Waals surface area (Å²) in [6, 6.07) is 7.76. The van der Waals surface area contributed by atoms with E-state index in [1.54, 1.807) is 4.90 Å². The number of aromatic nitrogens is 1. The molecule has 5 heteroatoms. The number of amides is 1. The molecule has 2 aromatic rings. The average molecular weight is 316 g/mol. The average Bonchev–Trinajstić information content (AvgIpc) is 2.48. The van der Waals surface area contributed by atoms with Crippen LogP contribution in [0.2, 0.25) is 0 Å². The number of pyridine rings is 1. The number of nitrogens with zero attached hydrogens (tertiary/aromatic N) is 1. The van der Waals surface area contributed by atoms with Crippen LogP contribution in [0.1, 0.15) is 25.0 Å². The predicted molar refractivity (Wildman–Crippen MR) is 91.4 cm³/mol. The van der Waals surface area contributed by atoms with Gasteiger partial charge in [-0.2, -0.15) is 0 Å². The minimum Gasteiger partial charge on any atom is -0.375 e. The van der Waals surface area contributed by atoms with Gasteiger partial charge in [-0.1, -0.05) is 32.0 Å². The Kier molecular flexibility index (Phi) is 5.55. The summed E-state index contributed by atoms with van der Waals surface area (Å²) in [5.41, 5.74) is 2.32. The second kappa shape index (κ2) is 7.42. The van der Waals surface area contributed by atoms with Gasteiger partial charge in [0.25, 0.3) is 5.56 Å². The highest BCUT2D eigenvalue weighted by Gasteiger charge is 2.17. The van der Waals surface area contributed by atoms with Crippen LogP contribution in [0.15, 0.2) is 29.1 Å². The lowest BCUT2D eigenvalue weighted by molar-refractivity contribution is -0.136. The Morgan fingerprint density at radius 1 is 1.35 bits per heavy atom. The molecule has 0 radical (unpaired) electrons. The van der Waals surface area contributed by atoms with Crippen molar-refractivity contribution in [3.63, 3.8) is 0 Å². The smallest absolute Gasteiger partial charge is 0.253 e. The van der Waals surface area contributed by atoms with E-state index in [2.05, 4.69) is 4.98 Å². The molecule has 1 amide bonds. The number of aromatic amines is 1. The molecule has 0 saturated carbocycles. The van der Waals surface area contributed by atoms with Gasteiger partial charge in [0, 0.05) is 19.2 Å². The quantitative estimate of drug-likeness (QED) is 0.890. The molecule has 1 aromatic heterocycles. The second-order valence-corrected chi connectivity index (χ2v) is 6.26. The third-order valence-electron chi connectivity index (χ3n) is 3.73. The first-order valence-electron chi connectivity index (χ1n) is 7.80. The molecule has 0 atom stereocenters. The fraction of sp³-hybridized carbons (Fsp3) is 0.444. The highest BCUT2D eigenvalue weighted by atomic mass is 16.5. The number of hydrogen-bond acceptors (Lipinski definition) is 3. The molecule has 0 fully saturated rings. The summed E-state index contributed by atoms with van der Waals surface area (Å²) in [7, 11) is 1.50. The van der Waals surface area contributed by atoms with Crippen molar-refractivity contribution < 1.29 is 9.53 Å². The molecule has 0 spiro atoms. The normalized spacial score (nSPS) is 11.2. The fourth-order valence-electron chi connectivity index (χ4n) is 2.66. The number of rotatable bonds is 6. The van der Waals surface area contributed by atoms with Crippen molar-refractivity contribution in [1.82, 2.24) is 9.88 Å². The zero-order chi connectivity index (χ0) is 17.0. The van der Waals surface area contributed by atoms with Crippen molar-refractivity contribution in [1.29, 1.82) is 0 Å². The number of carbonyl (C=O) groups is 1. The Hall–Kier alpha value is -2.14. The van der Waals surface area contributed by atoms with Gasteiger partial charge in [0.15, 0.2) is 0 Å². The highest BCUT2D eigenvalue weighted by Crippen LogP contribution is 2.16. The topological polar surface area (TPSA) is 62.4 Å². The summed E-state index contributed by atoms with van der Waals surface area (Å²) in [4.78, 5) is 29.2. The zero-order valence-electron chi connectivity index (χ0n) is 14.2. The molecule has 0 unspecified atom stereocenters. The molecule has 0 aliphatic heterocycles. The first-order valence-corrected chi connectivity index (χ1v) is 7.80.